The maximum Gasteiger partial charge on any atom is 0.161 e. The van der Waals surface area contributed by atoms with Crippen LogP contribution in [-0.2, 0) is 7.05 Å². The van der Waals surface area contributed by atoms with Gasteiger partial charge in [0.2, 0.25) is 0 Å². The number of fused-ring (bicyclic) bond motifs is 2. The molecule has 0 amide bonds. The molecule has 0 spiro atoms. The maximum atomic E-state index is 14.4. The van der Waals surface area contributed by atoms with Crippen molar-refractivity contribution in [3.05, 3.63) is 41.3 Å². The van der Waals surface area contributed by atoms with E-state index in [4.69, 9.17) is 11.6 Å². The van der Waals surface area contributed by atoms with Crippen LogP contribution in [0.3, 0.4) is 0 Å². The van der Waals surface area contributed by atoms with E-state index in [-0.39, 0.29) is 5.82 Å². The van der Waals surface area contributed by atoms with Gasteiger partial charge in [-0.05, 0) is 38.1 Å². The highest BCUT2D eigenvalue weighted by Gasteiger charge is 2.23. The van der Waals surface area contributed by atoms with Crippen molar-refractivity contribution in [3.8, 4) is 0 Å². The van der Waals surface area contributed by atoms with Gasteiger partial charge in [0.05, 0.1) is 15.9 Å². The molecule has 0 radical (unpaired) electrons. The zero-order chi connectivity index (χ0) is 21.0. The topological polar surface area (TPSA) is 73.8 Å². The van der Waals surface area contributed by atoms with E-state index in [1.165, 1.54) is 6.07 Å². The third-order valence-corrected chi connectivity index (χ3v) is 5.76. The molecule has 4 aromatic rings. The second-order valence-electron chi connectivity index (χ2n) is 8.12. The Morgan fingerprint density at radius 1 is 1.17 bits per heavy atom. The Bertz CT molecular complexity index is 1240. The Balaban J connectivity index is 1.49. The summed E-state index contributed by atoms with van der Waals surface area (Å²) in [6.45, 7) is 6.18. The molecular weight excluding hydrogens is 405 g/mol. The minimum Gasteiger partial charge on any atom is -0.368 e. The standard InChI is InChI=1S/C21H23ClFN7/c1-11-8-30(9-12(2)24-11)15-6-16(22)19-18(7-15)26-27-21(19)25-14-4-13-10-29(3)28-20(13)17(23)5-14/h4-7,10-12,24H,8-9H2,1-3H3,(H2,25,26,27)/t11-,12-/m1/s1. The summed E-state index contributed by atoms with van der Waals surface area (Å²) in [5.41, 5.74) is 2.83. The van der Waals surface area contributed by atoms with E-state index in [0.717, 1.165) is 35.1 Å². The molecule has 2 aromatic carbocycles. The molecule has 0 bridgehead atoms. The first-order valence-corrected chi connectivity index (χ1v) is 10.3. The largest absolute Gasteiger partial charge is 0.368 e. The van der Waals surface area contributed by atoms with E-state index in [2.05, 4.69) is 50.7 Å². The molecule has 30 heavy (non-hydrogen) atoms. The molecule has 1 aliphatic rings. The van der Waals surface area contributed by atoms with E-state index in [0.29, 0.717) is 34.1 Å². The van der Waals surface area contributed by atoms with Gasteiger partial charge in [-0.15, -0.1) is 0 Å². The van der Waals surface area contributed by atoms with E-state index < -0.39 is 0 Å². The molecule has 1 fully saturated rings. The van der Waals surface area contributed by atoms with Gasteiger partial charge in [-0.1, -0.05) is 11.6 Å². The molecule has 7 nitrogen and oxygen atoms in total. The van der Waals surface area contributed by atoms with Gasteiger partial charge in [0.1, 0.15) is 5.52 Å². The third kappa shape index (κ3) is 3.36. The second kappa shape index (κ2) is 7.14. The quantitative estimate of drug-likeness (QED) is 0.457. The van der Waals surface area contributed by atoms with Gasteiger partial charge < -0.3 is 15.5 Å². The van der Waals surface area contributed by atoms with Crippen molar-refractivity contribution in [2.45, 2.75) is 25.9 Å². The summed E-state index contributed by atoms with van der Waals surface area (Å²) in [4.78, 5) is 2.33. The van der Waals surface area contributed by atoms with Crippen LogP contribution in [0.4, 0.5) is 21.6 Å². The van der Waals surface area contributed by atoms with Crippen molar-refractivity contribution in [1.82, 2.24) is 25.3 Å². The Hall–Kier alpha value is -2.84. The lowest BCUT2D eigenvalue weighted by atomic mass is 10.1. The number of anilines is 3. The van der Waals surface area contributed by atoms with Crippen LogP contribution in [0.1, 0.15) is 13.8 Å². The minimum absolute atomic E-state index is 0.345. The predicted octanol–water partition coefficient (Wildman–Crippen LogP) is 4.17. The van der Waals surface area contributed by atoms with Crippen molar-refractivity contribution < 1.29 is 4.39 Å². The average Bonchev–Trinajstić information content (AvgIpc) is 3.24. The molecule has 0 saturated carbocycles. The first-order chi connectivity index (χ1) is 14.4. The molecule has 156 valence electrons. The fraction of sp³-hybridized carbons (Fsp3) is 0.333. The normalized spacial score (nSPS) is 19.7. The fourth-order valence-corrected chi connectivity index (χ4v) is 4.63. The molecular formula is C21H23ClFN7. The van der Waals surface area contributed by atoms with E-state index in [1.54, 1.807) is 17.9 Å². The molecule has 3 heterocycles. The van der Waals surface area contributed by atoms with Crippen LogP contribution in [0.2, 0.25) is 5.02 Å². The monoisotopic (exact) mass is 427 g/mol. The van der Waals surface area contributed by atoms with Crippen LogP contribution in [0.25, 0.3) is 21.8 Å². The van der Waals surface area contributed by atoms with Gasteiger partial charge in [0.15, 0.2) is 11.6 Å². The number of nitrogens with zero attached hydrogens (tertiary/aromatic N) is 4. The number of H-pyrrole nitrogens is 1. The van der Waals surface area contributed by atoms with Crippen LogP contribution < -0.4 is 15.5 Å². The van der Waals surface area contributed by atoms with Gasteiger partial charge in [-0.2, -0.15) is 10.2 Å². The van der Waals surface area contributed by atoms with Crippen LogP contribution in [0.15, 0.2) is 30.5 Å². The number of hydrogen-bond donors (Lipinski definition) is 3. The zero-order valence-corrected chi connectivity index (χ0v) is 17.8. The van der Waals surface area contributed by atoms with Crippen LogP contribution >= 0.6 is 11.6 Å². The molecule has 3 N–H and O–H groups in total. The van der Waals surface area contributed by atoms with Crippen molar-refractivity contribution in [1.29, 1.82) is 0 Å². The Morgan fingerprint density at radius 2 is 1.93 bits per heavy atom. The summed E-state index contributed by atoms with van der Waals surface area (Å²) in [7, 11) is 1.77. The number of piperazine rings is 1. The number of halogens is 2. The smallest absolute Gasteiger partial charge is 0.161 e. The fourth-order valence-electron chi connectivity index (χ4n) is 4.32. The summed E-state index contributed by atoms with van der Waals surface area (Å²) in [5, 5.41) is 20.4. The summed E-state index contributed by atoms with van der Waals surface area (Å²) in [6, 6.07) is 8.10. The number of nitrogens with one attached hydrogen (secondary N) is 3. The molecule has 1 aliphatic heterocycles. The highest BCUT2D eigenvalue weighted by molar-refractivity contribution is 6.36. The molecule has 5 rings (SSSR count). The zero-order valence-electron chi connectivity index (χ0n) is 17.0. The predicted molar refractivity (Wildman–Crippen MR) is 119 cm³/mol. The highest BCUT2D eigenvalue weighted by Crippen LogP contribution is 2.35. The van der Waals surface area contributed by atoms with E-state index >= 15 is 0 Å². The first-order valence-electron chi connectivity index (χ1n) is 9.96. The third-order valence-electron chi connectivity index (χ3n) is 5.46. The lowest BCUT2D eigenvalue weighted by Crippen LogP contribution is -2.54. The summed E-state index contributed by atoms with van der Waals surface area (Å²) in [5.74, 6) is 0.178. The maximum absolute atomic E-state index is 14.4. The number of benzene rings is 2. The SMILES string of the molecule is C[C@@H]1CN(c2cc(Cl)c3c(Nc4cc(F)c5nn(C)cc5c4)n[nH]c3c2)C[C@@H](C)N1. The van der Waals surface area contributed by atoms with E-state index in [9.17, 15) is 4.39 Å². The van der Waals surface area contributed by atoms with E-state index in [1.807, 2.05) is 12.1 Å². The second-order valence-corrected chi connectivity index (χ2v) is 8.53. The molecule has 0 unspecified atom stereocenters. The van der Waals surface area contributed by atoms with Crippen molar-refractivity contribution in [2.75, 3.05) is 23.3 Å². The molecule has 2 aromatic heterocycles. The van der Waals surface area contributed by atoms with Crippen molar-refractivity contribution in [2.24, 2.45) is 7.05 Å². The highest BCUT2D eigenvalue weighted by atomic mass is 35.5. The van der Waals surface area contributed by atoms with Crippen LogP contribution in [0.5, 0.6) is 0 Å². The lowest BCUT2D eigenvalue weighted by molar-refractivity contribution is 0.407. The molecule has 9 heteroatoms. The Kier molecular flexibility index (Phi) is 4.56. The van der Waals surface area contributed by atoms with Crippen LogP contribution in [-0.4, -0.2) is 45.2 Å². The first kappa shape index (κ1) is 19.1. The number of aromatic amines is 1. The van der Waals surface area contributed by atoms with Gasteiger partial charge >= 0.3 is 0 Å². The van der Waals surface area contributed by atoms with Gasteiger partial charge in [0, 0.05) is 55.2 Å². The Labute approximate surface area is 178 Å². The van der Waals surface area contributed by atoms with Gasteiger partial charge in [-0.3, -0.25) is 9.78 Å². The van der Waals surface area contributed by atoms with Crippen molar-refractivity contribution >= 4 is 50.6 Å². The minimum atomic E-state index is -0.384. The number of hydrogen-bond acceptors (Lipinski definition) is 5. The number of aromatic nitrogens is 4. The Morgan fingerprint density at radius 3 is 2.70 bits per heavy atom. The summed E-state index contributed by atoms with van der Waals surface area (Å²) < 4.78 is 16.0. The lowest BCUT2D eigenvalue weighted by Gasteiger charge is -2.37. The summed E-state index contributed by atoms with van der Waals surface area (Å²) >= 11 is 6.67. The van der Waals surface area contributed by atoms with Gasteiger partial charge in [0.25, 0.3) is 0 Å². The molecule has 0 aliphatic carbocycles. The average molecular weight is 428 g/mol. The number of aryl methyl sites for hydroxylation is 1. The molecule has 2 atom stereocenters. The van der Waals surface area contributed by atoms with Gasteiger partial charge in [-0.25, -0.2) is 4.39 Å². The van der Waals surface area contributed by atoms with Crippen LogP contribution in [0, 0.1) is 5.82 Å². The van der Waals surface area contributed by atoms with Crippen molar-refractivity contribution in [3.63, 3.8) is 0 Å². The molecule has 1 saturated heterocycles. The number of rotatable bonds is 3. The summed E-state index contributed by atoms with van der Waals surface area (Å²) in [6.07, 6.45) is 1.78.